The Kier molecular flexibility index (Phi) is 4.04. The minimum Gasteiger partial charge on any atom is -0.478 e. The fourth-order valence-corrected chi connectivity index (χ4v) is 2.85. The number of hydrogen-bond donors (Lipinski definition) is 1. The van der Waals surface area contributed by atoms with E-state index in [0.717, 1.165) is 38.2 Å². The minimum atomic E-state index is -0.938. The van der Waals surface area contributed by atoms with Crippen LogP contribution in [0.25, 0.3) is 0 Å². The van der Waals surface area contributed by atoms with E-state index in [1.54, 1.807) is 25.3 Å². The zero-order valence-corrected chi connectivity index (χ0v) is 12.4. The Morgan fingerprint density at radius 3 is 2.86 bits per heavy atom. The number of carbonyl (C=O) groups is 1. The molecule has 7 heteroatoms. The molecular formula is C15H18N4O3. The van der Waals surface area contributed by atoms with Gasteiger partial charge in [0, 0.05) is 32.6 Å². The summed E-state index contributed by atoms with van der Waals surface area (Å²) in [6.07, 6.45) is 4.36. The second-order valence-electron chi connectivity index (χ2n) is 5.54. The monoisotopic (exact) mass is 302 g/mol. The van der Waals surface area contributed by atoms with E-state index in [1.165, 1.54) is 0 Å². The molecule has 1 N–H and O–H groups in total. The molecule has 116 valence electrons. The molecule has 1 aliphatic rings. The number of rotatable bonds is 4. The Morgan fingerprint density at radius 2 is 2.23 bits per heavy atom. The maximum atomic E-state index is 11.3. The van der Waals surface area contributed by atoms with Crippen LogP contribution in [-0.2, 0) is 6.42 Å². The molecule has 22 heavy (non-hydrogen) atoms. The summed E-state index contributed by atoms with van der Waals surface area (Å²) in [5.74, 6) is 1.45. The van der Waals surface area contributed by atoms with E-state index >= 15 is 0 Å². The van der Waals surface area contributed by atoms with Crippen LogP contribution in [0.2, 0.25) is 0 Å². The van der Waals surface area contributed by atoms with Crippen molar-refractivity contribution in [1.82, 2.24) is 15.1 Å². The van der Waals surface area contributed by atoms with Crippen LogP contribution in [-0.4, -0.2) is 39.3 Å². The van der Waals surface area contributed by atoms with E-state index in [0.29, 0.717) is 17.6 Å². The van der Waals surface area contributed by atoms with Gasteiger partial charge in [-0.1, -0.05) is 5.16 Å². The summed E-state index contributed by atoms with van der Waals surface area (Å²) in [7, 11) is 0. The van der Waals surface area contributed by atoms with Crippen molar-refractivity contribution in [2.75, 3.05) is 18.0 Å². The first-order valence-corrected chi connectivity index (χ1v) is 7.36. The number of carboxylic acid groups (broad SMARTS) is 1. The van der Waals surface area contributed by atoms with Gasteiger partial charge in [-0.25, -0.2) is 9.78 Å². The summed E-state index contributed by atoms with van der Waals surface area (Å²) in [6, 6.07) is 3.25. The average molecular weight is 302 g/mol. The lowest BCUT2D eigenvalue weighted by atomic mass is 9.93. The van der Waals surface area contributed by atoms with Gasteiger partial charge in [-0.15, -0.1) is 0 Å². The van der Waals surface area contributed by atoms with Crippen LogP contribution in [0.1, 0.15) is 34.9 Å². The lowest BCUT2D eigenvalue weighted by Gasteiger charge is -2.33. The van der Waals surface area contributed by atoms with Crippen LogP contribution in [0, 0.1) is 12.8 Å². The summed E-state index contributed by atoms with van der Waals surface area (Å²) in [5.41, 5.74) is 0.259. The Balaban J connectivity index is 1.63. The third-order valence-electron chi connectivity index (χ3n) is 3.97. The van der Waals surface area contributed by atoms with Crippen molar-refractivity contribution in [3.05, 3.63) is 35.6 Å². The lowest BCUT2D eigenvalue weighted by molar-refractivity contribution is 0.0697. The number of aromatic carboxylic acids is 1. The SMILES string of the molecule is Cc1nc(CC2CCN(c3ncccc3C(=O)O)CC2)no1. The van der Waals surface area contributed by atoms with Gasteiger partial charge in [0.05, 0.1) is 0 Å². The maximum absolute atomic E-state index is 11.3. The molecule has 0 aromatic carbocycles. The molecule has 1 saturated heterocycles. The average Bonchev–Trinajstić information content (AvgIpc) is 2.93. The number of carboxylic acids is 1. The van der Waals surface area contributed by atoms with Gasteiger partial charge < -0.3 is 14.5 Å². The molecule has 2 aromatic rings. The summed E-state index contributed by atoms with van der Waals surface area (Å²) >= 11 is 0. The smallest absolute Gasteiger partial charge is 0.339 e. The molecule has 0 atom stereocenters. The van der Waals surface area contributed by atoms with Crippen LogP contribution in [0.4, 0.5) is 5.82 Å². The highest BCUT2D eigenvalue weighted by Crippen LogP contribution is 2.26. The Morgan fingerprint density at radius 1 is 1.45 bits per heavy atom. The number of pyridine rings is 1. The van der Waals surface area contributed by atoms with Gasteiger partial charge in [0.15, 0.2) is 5.82 Å². The highest BCUT2D eigenvalue weighted by atomic mass is 16.5. The van der Waals surface area contributed by atoms with E-state index < -0.39 is 5.97 Å². The molecule has 2 aromatic heterocycles. The van der Waals surface area contributed by atoms with E-state index in [4.69, 9.17) is 4.52 Å². The molecule has 1 aliphatic heterocycles. The van der Waals surface area contributed by atoms with E-state index in [-0.39, 0.29) is 5.56 Å². The number of aryl methyl sites for hydroxylation is 1. The molecule has 0 saturated carbocycles. The molecule has 0 radical (unpaired) electrons. The van der Waals surface area contributed by atoms with Crippen LogP contribution in [0.15, 0.2) is 22.9 Å². The largest absolute Gasteiger partial charge is 0.478 e. The molecule has 0 aliphatic carbocycles. The van der Waals surface area contributed by atoms with Gasteiger partial charge in [0.1, 0.15) is 11.4 Å². The Hall–Kier alpha value is -2.44. The van der Waals surface area contributed by atoms with E-state index in [2.05, 4.69) is 15.1 Å². The summed E-state index contributed by atoms with van der Waals surface area (Å²) in [6.45, 7) is 3.37. The first-order chi connectivity index (χ1) is 10.6. The first kappa shape index (κ1) is 14.5. The van der Waals surface area contributed by atoms with Crippen LogP contribution >= 0.6 is 0 Å². The third-order valence-corrected chi connectivity index (χ3v) is 3.97. The van der Waals surface area contributed by atoms with Crippen LogP contribution in [0.5, 0.6) is 0 Å². The standard InChI is InChI=1S/C15H18N4O3/c1-10-17-13(18-22-10)9-11-4-7-19(8-5-11)14-12(15(20)21)3-2-6-16-14/h2-3,6,11H,4-5,7-9H2,1H3,(H,20,21). The van der Waals surface area contributed by atoms with Gasteiger partial charge in [-0.2, -0.15) is 4.98 Å². The molecule has 0 unspecified atom stereocenters. The van der Waals surface area contributed by atoms with Gasteiger partial charge in [0.25, 0.3) is 0 Å². The van der Waals surface area contributed by atoms with Crippen LogP contribution in [0.3, 0.4) is 0 Å². The number of piperidine rings is 1. The second kappa shape index (κ2) is 6.13. The number of hydrogen-bond acceptors (Lipinski definition) is 6. The molecule has 0 spiro atoms. The van der Waals surface area contributed by atoms with Gasteiger partial charge in [-0.3, -0.25) is 0 Å². The van der Waals surface area contributed by atoms with E-state index in [1.807, 2.05) is 4.90 Å². The Bertz CT molecular complexity index is 662. The summed E-state index contributed by atoms with van der Waals surface area (Å²) in [4.78, 5) is 21.8. The zero-order valence-electron chi connectivity index (χ0n) is 12.4. The van der Waals surface area contributed by atoms with E-state index in [9.17, 15) is 9.90 Å². The lowest BCUT2D eigenvalue weighted by Crippen LogP contribution is -2.36. The molecule has 1 fully saturated rings. The minimum absolute atomic E-state index is 0.259. The number of anilines is 1. The predicted octanol–water partition coefficient (Wildman–Crippen LogP) is 1.93. The Labute approximate surface area is 128 Å². The normalized spacial score (nSPS) is 16.0. The molecule has 7 nitrogen and oxygen atoms in total. The van der Waals surface area contributed by atoms with Gasteiger partial charge in [0.2, 0.25) is 5.89 Å². The molecule has 3 heterocycles. The zero-order chi connectivity index (χ0) is 15.5. The van der Waals surface area contributed by atoms with Crippen LogP contribution < -0.4 is 4.90 Å². The molecule has 3 rings (SSSR count). The van der Waals surface area contributed by atoms with Gasteiger partial charge in [-0.05, 0) is 30.9 Å². The highest BCUT2D eigenvalue weighted by Gasteiger charge is 2.24. The fourth-order valence-electron chi connectivity index (χ4n) is 2.85. The fraction of sp³-hybridized carbons (Fsp3) is 0.467. The van der Waals surface area contributed by atoms with Crippen molar-refractivity contribution < 1.29 is 14.4 Å². The predicted molar refractivity (Wildman–Crippen MR) is 78.9 cm³/mol. The topological polar surface area (TPSA) is 92.4 Å². The van der Waals surface area contributed by atoms with Crippen molar-refractivity contribution in [2.24, 2.45) is 5.92 Å². The van der Waals surface area contributed by atoms with Gasteiger partial charge >= 0.3 is 5.97 Å². The first-order valence-electron chi connectivity index (χ1n) is 7.36. The summed E-state index contributed by atoms with van der Waals surface area (Å²) in [5, 5.41) is 13.2. The number of nitrogens with zero attached hydrogens (tertiary/aromatic N) is 4. The quantitative estimate of drug-likeness (QED) is 0.922. The highest BCUT2D eigenvalue weighted by molar-refractivity contribution is 5.93. The molecular weight excluding hydrogens is 284 g/mol. The molecule has 0 amide bonds. The van der Waals surface area contributed by atoms with Crippen molar-refractivity contribution >= 4 is 11.8 Å². The second-order valence-corrected chi connectivity index (χ2v) is 5.54. The van der Waals surface area contributed by atoms with Crippen molar-refractivity contribution in [2.45, 2.75) is 26.2 Å². The van der Waals surface area contributed by atoms with Crippen molar-refractivity contribution in [3.8, 4) is 0 Å². The van der Waals surface area contributed by atoms with Crippen molar-refractivity contribution in [1.29, 1.82) is 0 Å². The third kappa shape index (κ3) is 3.08. The summed E-state index contributed by atoms with van der Waals surface area (Å²) < 4.78 is 4.99. The number of aromatic nitrogens is 3. The maximum Gasteiger partial charge on any atom is 0.339 e. The molecule has 0 bridgehead atoms. The van der Waals surface area contributed by atoms with Crippen molar-refractivity contribution in [3.63, 3.8) is 0 Å².